The van der Waals surface area contributed by atoms with Crippen molar-refractivity contribution in [3.63, 3.8) is 0 Å². The van der Waals surface area contributed by atoms with Gasteiger partial charge in [0.05, 0.1) is 17.3 Å². The van der Waals surface area contributed by atoms with Crippen LogP contribution in [0.1, 0.15) is 44.5 Å². The molecule has 0 fully saturated rings. The number of nitrogens with zero attached hydrogens (tertiary/aromatic N) is 2. The summed E-state index contributed by atoms with van der Waals surface area (Å²) in [7, 11) is 0. The smallest absolute Gasteiger partial charge is 0.320 e. The van der Waals surface area contributed by atoms with E-state index in [2.05, 4.69) is 15.7 Å². The minimum Gasteiger partial charge on any atom is -0.331 e. The lowest BCUT2D eigenvalue weighted by Gasteiger charge is -2.27. The lowest BCUT2D eigenvalue weighted by molar-refractivity contribution is 0.247. The van der Waals surface area contributed by atoms with Gasteiger partial charge in [-0.1, -0.05) is 0 Å². The van der Waals surface area contributed by atoms with Crippen molar-refractivity contribution in [3.05, 3.63) is 41.3 Å². The number of nitrogens with one attached hydrogen (secondary N) is 2. The van der Waals surface area contributed by atoms with E-state index in [9.17, 15) is 9.18 Å². The summed E-state index contributed by atoms with van der Waals surface area (Å²) in [6.07, 6.45) is 0.770. The number of amides is 2. The summed E-state index contributed by atoms with van der Waals surface area (Å²) in [5.74, 6) is 1.25. The second kappa shape index (κ2) is 6.71. The standard InChI is InChI=1S/C18H23FN4OS/c1-11-9-16(23(22-11)18(2,3)4)21-17(24)20-14-7-8-25-15-6-5-12(19)10-13(14)15/h5-6,9-10,14H,7-8H2,1-4H3,(H2,20,21,24)/t14-/m1/s1. The number of rotatable bonds is 2. The van der Waals surface area contributed by atoms with Crippen molar-refractivity contribution in [3.8, 4) is 0 Å². The fourth-order valence-electron chi connectivity index (χ4n) is 2.93. The fraction of sp³-hybridized carbons (Fsp3) is 0.444. The Morgan fingerprint density at radius 3 is 2.84 bits per heavy atom. The van der Waals surface area contributed by atoms with E-state index in [0.29, 0.717) is 5.82 Å². The zero-order valence-corrected chi connectivity index (χ0v) is 15.7. The Morgan fingerprint density at radius 2 is 2.12 bits per heavy atom. The van der Waals surface area contributed by atoms with Gasteiger partial charge in [0, 0.05) is 16.7 Å². The van der Waals surface area contributed by atoms with Gasteiger partial charge in [0.15, 0.2) is 0 Å². The van der Waals surface area contributed by atoms with Crippen LogP contribution < -0.4 is 10.6 Å². The molecular formula is C18H23FN4OS. The van der Waals surface area contributed by atoms with Gasteiger partial charge in [0.1, 0.15) is 11.6 Å². The summed E-state index contributed by atoms with van der Waals surface area (Å²) in [6, 6.07) is 6.08. The van der Waals surface area contributed by atoms with Crippen molar-refractivity contribution >= 4 is 23.6 Å². The third-order valence-electron chi connectivity index (χ3n) is 4.03. The maximum atomic E-state index is 13.6. The van der Waals surface area contributed by atoms with Crippen molar-refractivity contribution in [2.45, 2.75) is 50.6 Å². The molecule has 7 heteroatoms. The summed E-state index contributed by atoms with van der Waals surface area (Å²) in [4.78, 5) is 13.5. The minimum absolute atomic E-state index is 0.195. The minimum atomic E-state index is -0.308. The van der Waals surface area contributed by atoms with E-state index in [4.69, 9.17) is 0 Å². The van der Waals surface area contributed by atoms with Crippen LogP contribution in [0.25, 0.3) is 0 Å². The third-order valence-corrected chi connectivity index (χ3v) is 5.15. The first-order valence-corrected chi connectivity index (χ1v) is 9.29. The number of thioether (sulfide) groups is 1. The molecule has 0 saturated carbocycles. The normalized spacial score (nSPS) is 17.1. The molecule has 2 N–H and O–H groups in total. The molecule has 0 aliphatic carbocycles. The van der Waals surface area contributed by atoms with Crippen LogP contribution in [0.5, 0.6) is 0 Å². The SMILES string of the molecule is Cc1cc(NC(=O)N[C@@H]2CCSc3ccc(F)cc32)n(C(C)(C)C)n1. The first kappa shape index (κ1) is 17.8. The van der Waals surface area contributed by atoms with E-state index in [1.54, 1.807) is 22.5 Å². The van der Waals surface area contributed by atoms with Crippen molar-refractivity contribution in [1.82, 2.24) is 15.1 Å². The predicted octanol–water partition coefficient (Wildman–Crippen LogP) is 4.44. The van der Waals surface area contributed by atoms with Gasteiger partial charge < -0.3 is 5.32 Å². The molecule has 1 aromatic heterocycles. The molecule has 2 heterocycles. The summed E-state index contributed by atoms with van der Waals surface area (Å²) in [6.45, 7) is 7.97. The number of hydrogen-bond acceptors (Lipinski definition) is 3. The molecule has 0 unspecified atom stereocenters. The number of hydrogen-bond donors (Lipinski definition) is 2. The number of halogens is 1. The van der Waals surface area contributed by atoms with Crippen LogP contribution in [0.15, 0.2) is 29.2 Å². The van der Waals surface area contributed by atoms with E-state index >= 15 is 0 Å². The van der Waals surface area contributed by atoms with E-state index in [1.165, 1.54) is 12.1 Å². The van der Waals surface area contributed by atoms with Gasteiger partial charge in [-0.2, -0.15) is 5.10 Å². The average Bonchev–Trinajstić information content (AvgIpc) is 2.88. The first-order valence-electron chi connectivity index (χ1n) is 8.31. The van der Waals surface area contributed by atoms with Crippen molar-refractivity contribution < 1.29 is 9.18 Å². The molecule has 3 rings (SSSR count). The lowest BCUT2D eigenvalue weighted by atomic mass is 10.0. The number of urea groups is 1. The molecule has 1 aromatic carbocycles. The third kappa shape index (κ3) is 3.98. The van der Waals surface area contributed by atoms with Crippen molar-refractivity contribution in [2.24, 2.45) is 0 Å². The highest BCUT2D eigenvalue weighted by Gasteiger charge is 2.24. The number of aromatic nitrogens is 2. The highest BCUT2D eigenvalue weighted by Crippen LogP contribution is 2.36. The van der Waals surface area contributed by atoms with Gasteiger partial charge in [0.2, 0.25) is 0 Å². The monoisotopic (exact) mass is 362 g/mol. The highest BCUT2D eigenvalue weighted by molar-refractivity contribution is 7.99. The Bertz CT molecular complexity index is 797. The number of fused-ring (bicyclic) bond motifs is 1. The molecule has 2 amide bonds. The number of benzene rings is 1. The van der Waals surface area contributed by atoms with E-state index in [0.717, 1.165) is 28.3 Å². The Kier molecular flexibility index (Phi) is 4.77. The molecule has 0 radical (unpaired) electrons. The molecule has 0 spiro atoms. The average molecular weight is 362 g/mol. The largest absolute Gasteiger partial charge is 0.331 e. The summed E-state index contributed by atoms with van der Waals surface area (Å²) >= 11 is 1.69. The van der Waals surface area contributed by atoms with Crippen LogP contribution in [0, 0.1) is 12.7 Å². The molecule has 0 bridgehead atoms. The maximum absolute atomic E-state index is 13.6. The van der Waals surface area contributed by atoms with Gasteiger partial charge in [-0.05, 0) is 57.9 Å². The zero-order chi connectivity index (χ0) is 18.2. The van der Waals surface area contributed by atoms with Crippen LogP contribution in [-0.2, 0) is 5.54 Å². The van der Waals surface area contributed by atoms with Gasteiger partial charge in [-0.3, -0.25) is 5.32 Å². The van der Waals surface area contributed by atoms with Crippen LogP contribution in [-0.4, -0.2) is 21.6 Å². The Hall–Kier alpha value is -2.02. The zero-order valence-electron chi connectivity index (χ0n) is 14.9. The molecule has 2 aromatic rings. The molecule has 5 nitrogen and oxygen atoms in total. The lowest BCUT2D eigenvalue weighted by Crippen LogP contribution is -2.36. The molecule has 25 heavy (non-hydrogen) atoms. The number of anilines is 1. The number of aryl methyl sites for hydroxylation is 1. The Morgan fingerprint density at radius 1 is 1.36 bits per heavy atom. The van der Waals surface area contributed by atoms with E-state index in [-0.39, 0.29) is 23.4 Å². The summed E-state index contributed by atoms with van der Waals surface area (Å²) in [5.41, 5.74) is 1.44. The highest BCUT2D eigenvalue weighted by atomic mass is 32.2. The maximum Gasteiger partial charge on any atom is 0.320 e. The second-order valence-electron chi connectivity index (χ2n) is 7.22. The van der Waals surface area contributed by atoms with Crippen LogP contribution in [0.2, 0.25) is 0 Å². The molecule has 134 valence electrons. The molecule has 1 aliphatic heterocycles. The summed E-state index contributed by atoms with van der Waals surface area (Å²) < 4.78 is 15.4. The molecular weight excluding hydrogens is 339 g/mol. The Labute approximate surface area is 151 Å². The quantitative estimate of drug-likeness (QED) is 0.830. The van der Waals surface area contributed by atoms with Crippen LogP contribution in [0.3, 0.4) is 0 Å². The second-order valence-corrected chi connectivity index (χ2v) is 8.36. The van der Waals surface area contributed by atoms with Gasteiger partial charge in [0.25, 0.3) is 0 Å². The van der Waals surface area contributed by atoms with Crippen LogP contribution in [0.4, 0.5) is 15.0 Å². The number of carbonyl (C=O) groups is 1. The van der Waals surface area contributed by atoms with Gasteiger partial charge in [-0.15, -0.1) is 11.8 Å². The molecule has 0 saturated heterocycles. The van der Waals surface area contributed by atoms with Crippen LogP contribution >= 0.6 is 11.8 Å². The predicted molar refractivity (Wildman–Crippen MR) is 98.6 cm³/mol. The van der Waals surface area contributed by atoms with Gasteiger partial charge in [-0.25, -0.2) is 13.9 Å². The first-order chi connectivity index (χ1) is 11.7. The summed E-state index contributed by atoms with van der Waals surface area (Å²) in [5, 5.41) is 10.3. The molecule has 1 aliphatic rings. The molecule has 1 atom stereocenters. The number of carbonyl (C=O) groups excluding carboxylic acids is 1. The van der Waals surface area contributed by atoms with Crippen molar-refractivity contribution in [1.29, 1.82) is 0 Å². The van der Waals surface area contributed by atoms with Crippen molar-refractivity contribution in [2.75, 3.05) is 11.1 Å². The van der Waals surface area contributed by atoms with E-state index < -0.39 is 0 Å². The topological polar surface area (TPSA) is 59.0 Å². The van der Waals surface area contributed by atoms with Gasteiger partial charge >= 0.3 is 6.03 Å². The van der Waals surface area contributed by atoms with E-state index in [1.807, 2.05) is 33.8 Å². The fourth-order valence-corrected chi connectivity index (χ4v) is 4.03. The Balaban J connectivity index is 1.76.